The lowest BCUT2D eigenvalue weighted by molar-refractivity contribution is -0.124. The topological polar surface area (TPSA) is 68.1 Å². The van der Waals surface area contributed by atoms with Crippen molar-refractivity contribution in [3.05, 3.63) is 47.8 Å². The van der Waals surface area contributed by atoms with Crippen LogP contribution in [0.4, 0.5) is 0 Å². The van der Waals surface area contributed by atoms with Gasteiger partial charge >= 0.3 is 0 Å². The Morgan fingerprint density at radius 1 is 1.00 bits per heavy atom. The molecule has 1 saturated carbocycles. The summed E-state index contributed by atoms with van der Waals surface area (Å²) < 4.78 is 1.81. The van der Waals surface area contributed by atoms with Gasteiger partial charge in [-0.15, -0.1) is 5.10 Å². The monoisotopic (exact) mass is 422 g/mol. The summed E-state index contributed by atoms with van der Waals surface area (Å²) in [6.45, 7) is 2.02. The van der Waals surface area contributed by atoms with E-state index in [1.807, 2.05) is 22.9 Å². The van der Waals surface area contributed by atoms with E-state index in [0.29, 0.717) is 25.2 Å². The molecule has 1 unspecified atom stereocenters. The standard InChI is InChI=1S/C25H34N4O2/c30-24(14-13-20-8-3-1-4-9-20)22-12-7-16-28(18-22)25(31)23-19-29(27-26-23)17-15-21-10-5-2-6-11-21/h1,3-4,8-9,19,21-22H,2,5-7,10-18H2. The number of carbonyl (C=O) groups is 2. The third-order valence-electron chi connectivity index (χ3n) is 6.92. The van der Waals surface area contributed by atoms with Crippen LogP contribution >= 0.6 is 0 Å². The van der Waals surface area contributed by atoms with Gasteiger partial charge in [-0.2, -0.15) is 0 Å². The fraction of sp³-hybridized carbons (Fsp3) is 0.600. The SMILES string of the molecule is O=C(CCc1ccccc1)C1CCCN(C(=O)c2cn(CCC3CCCCC3)nn2)C1. The van der Waals surface area contributed by atoms with Gasteiger partial charge in [0.05, 0.1) is 6.20 Å². The number of nitrogens with zero attached hydrogens (tertiary/aromatic N) is 4. The maximum Gasteiger partial charge on any atom is 0.276 e. The van der Waals surface area contributed by atoms with Crippen LogP contribution in [0.2, 0.25) is 0 Å². The third-order valence-corrected chi connectivity index (χ3v) is 6.92. The van der Waals surface area contributed by atoms with Crippen LogP contribution in [0.5, 0.6) is 0 Å². The van der Waals surface area contributed by atoms with Crippen molar-refractivity contribution in [2.75, 3.05) is 13.1 Å². The summed E-state index contributed by atoms with van der Waals surface area (Å²) in [5.41, 5.74) is 1.59. The summed E-state index contributed by atoms with van der Waals surface area (Å²) in [7, 11) is 0. The van der Waals surface area contributed by atoms with Crippen LogP contribution in [-0.4, -0.2) is 44.7 Å². The lowest BCUT2D eigenvalue weighted by Crippen LogP contribution is -2.42. The molecule has 31 heavy (non-hydrogen) atoms. The van der Waals surface area contributed by atoms with Crippen LogP contribution in [0.1, 0.15) is 73.8 Å². The number of aryl methyl sites for hydroxylation is 2. The Labute approximate surface area is 185 Å². The minimum Gasteiger partial charge on any atom is -0.336 e. The minimum absolute atomic E-state index is 0.0669. The number of amides is 1. The van der Waals surface area contributed by atoms with Gasteiger partial charge in [-0.3, -0.25) is 14.3 Å². The molecular formula is C25H34N4O2. The second-order valence-corrected chi connectivity index (χ2v) is 9.20. The van der Waals surface area contributed by atoms with E-state index < -0.39 is 0 Å². The first-order chi connectivity index (χ1) is 15.2. The average molecular weight is 423 g/mol. The lowest BCUT2D eigenvalue weighted by Gasteiger charge is -2.31. The van der Waals surface area contributed by atoms with E-state index in [2.05, 4.69) is 22.4 Å². The molecule has 0 spiro atoms. The van der Waals surface area contributed by atoms with Gasteiger partial charge < -0.3 is 4.90 Å². The second-order valence-electron chi connectivity index (χ2n) is 9.20. The highest BCUT2D eigenvalue weighted by Crippen LogP contribution is 2.26. The molecule has 2 fully saturated rings. The van der Waals surface area contributed by atoms with Crippen molar-refractivity contribution in [2.24, 2.45) is 11.8 Å². The number of hydrogen-bond acceptors (Lipinski definition) is 4. The van der Waals surface area contributed by atoms with Crippen molar-refractivity contribution in [3.8, 4) is 0 Å². The first-order valence-corrected chi connectivity index (χ1v) is 11.9. The molecule has 1 saturated heterocycles. The van der Waals surface area contributed by atoms with Crippen LogP contribution < -0.4 is 0 Å². The Kier molecular flexibility index (Phi) is 7.49. The van der Waals surface area contributed by atoms with E-state index in [0.717, 1.165) is 38.1 Å². The fourth-order valence-electron chi connectivity index (χ4n) is 5.00. The molecule has 1 aromatic carbocycles. The van der Waals surface area contributed by atoms with E-state index in [-0.39, 0.29) is 17.6 Å². The van der Waals surface area contributed by atoms with Gasteiger partial charge in [0, 0.05) is 32.0 Å². The predicted molar refractivity (Wildman–Crippen MR) is 120 cm³/mol. The summed E-state index contributed by atoms with van der Waals surface area (Å²) in [5.74, 6) is 0.881. The van der Waals surface area contributed by atoms with Crippen LogP contribution in [0.15, 0.2) is 36.5 Å². The van der Waals surface area contributed by atoms with E-state index in [4.69, 9.17) is 0 Å². The van der Waals surface area contributed by atoms with Gasteiger partial charge in [0.15, 0.2) is 5.69 Å². The summed E-state index contributed by atoms with van der Waals surface area (Å²) in [6, 6.07) is 10.1. The number of carbonyl (C=O) groups excluding carboxylic acids is 2. The Morgan fingerprint density at radius 3 is 2.61 bits per heavy atom. The lowest BCUT2D eigenvalue weighted by atomic mass is 9.87. The van der Waals surface area contributed by atoms with Gasteiger partial charge in [0.1, 0.15) is 5.78 Å². The molecule has 1 amide bonds. The molecule has 6 heteroatoms. The molecule has 0 radical (unpaired) electrons. The van der Waals surface area contributed by atoms with Crippen molar-refractivity contribution >= 4 is 11.7 Å². The number of likely N-dealkylation sites (tertiary alicyclic amines) is 1. The molecule has 166 valence electrons. The minimum atomic E-state index is -0.0931. The highest BCUT2D eigenvalue weighted by Gasteiger charge is 2.29. The summed E-state index contributed by atoms with van der Waals surface area (Å²) in [6.07, 6.45) is 12.6. The molecule has 0 N–H and O–H groups in total. The molecule has 2 heterocycles. The molecule has 1 aliphatic heterocycles. The number of ketones is 1. The molecule has 6 nitrogen and oxygen atoms in total. The van der Waals surface area contributed by atoms with Crippen molar-refractivity contribution < 1.29 is 9.59 Å². The Bertz CT molecular complexity index is 857. The van der Waals surface area contributed by atoms with Gasteiger partial charge in [-0.1, -0.05) is 67.6 Å². The van der Waals surface area contributed by atoms with Crippen LogP contribution in [0.3, 0.4) is 0 Å². The fourth-order valence-corrected chi connectivity index (χ4v) is 5.00. The Hall–Kier alpha value is -2.50. The summed E-state index contributed by atoms with van der Waals surface area (Å²) >= 11 is 0. The number of hydrogen-bond donors (Lipinski definition) is 0. The van der Waals surface area contributed by atoms with Gasteiger partial charge in [0.25, 0.3) is 5.91 Å². The van der Waals surface area contributed by atoms with Crippen LogP contribution in [0, 0.1) is 11.8 Å². The first kappa shape index (κ1) is 21.7. The second kappa shape index (κ2) is 10.7. The molecular weight excluding hydrogens is 388 g/mol. The van der Waals surface area contributed by atoms with Crippen molar-refractivity contribution in [2.45, 2.75) is 70.8 Å². The molecule has 2 aliphatic rings. The molecule has 4 rings (SSSR count). The molecule has 1 aromatic heterocycles. The number of benzene rings is 1. The molecule has 1 aliphatic carbocycles. The van der Waals surface area contributed by atoms with Crippen molar-refractivity contribution in [1.29, 1.82) is 0 Å². The first-order valence-electron chi connectivity index (χ1n) is 11.9. The number of rotatable bonds is 8. The van der Waals surface area contributed by atoms with E-state index >= 15 is 0 Å². The van der Waals surface area contributed by atoms with Crippen molar-refractivity contribution in [3.63, 3.8) is 0 Å². The summed E-state index contributed by atoms with van der Waals surface area (Å²) in [5, 5.41) is 8.32. The zero-order chi connectivity index (χ0) is 21.5. The smallest absolute Gasteiger partial charge is 0.276 e. The maximum atomic E-state index is 13.0. The van der Waals surface area contributed by atoms with Gasteiger partial charge in [-0.05, 0) is 37.2 Å². The third kappa shape index (κ3) is 6.02. The van der Waals surface area contributed by atoms with Crippen LogP contribution in [0.25, 0.3) is 0 Å². The highest BCUT2D eigenvalue weighted by molar-refractivity contribution is 5.92. The van der Waals surface area contributed by atoms with E-state index in [1.54, 1.807) is 11.1 Å². The highest BCUT2D eigenvalue weighted by atomic mass is 16.2. The summed E-state index contributed by atoms with van der Waals surface area (Å²) in [4.78, 5) is 27.5. The Balaban J connectivity index is 1.27. The molecule has 2 aromatic rings. The number of aromatic nitrogens is 3. The largest absolute Gasteiger partial charge is 0.336 e. The van der Waals surface area contributed by atoms with E-state index in [1.165, 1.54) is 37.7 Å². The van der Waals surface area contributed by atoms with Crippen LogP contribution in [-0.2, 0) is 17.8 Å². The maximum absolute atomic E-state index is 13.0. The quantitative estimate of drug-likeness (QED) is 0.636. The molecule has 0 bridgehead atoms. The number of Topliss-reactive ketones (excluding diaryl/α,β-unsaturated/α-hetero) is 1. The predicted octanol–water partition coefficient (Wildman–Crippen LogP) is 4.30. The molecule has 1 atom stereocenters. The normalized spacial score (nSPS) is 20.0. The van der Waals surface area contributed by atoms with Gasteiger partial charge in [0.2, 0.25) is 0 Å². The zero-order valence-corrected chi connectivity index (χ0v) is 18.4. The van der Waals surface area contributed by atoms with Gasteiger partial charge in [-0.25, -0.2) is 0 Å². The van der Waals surface area contributed by atoms with E-state index in [9.17, 15) is 9.59 Å². The Morgan fingerprint density at radius 2 is 1.81 bits per heavy atom. The van der Waals surface area contributed by atoms with Crippen molar-refractivity contribution in [1.82, 2.24) is 19.9 Å². The number of piperidine rings is 1. The average Bonchev–Trinajstić information content (AvgIpc) is 3.31. The zero-order valence-electron chi connectivity index (χ0n) is 18.4.